The Balaban J connectivity index is 0.000000360. The highest BCUT2D eigenvalue weighted by Crippen LogP contribution is 2.48. The summed E-state index contributed by atoms with van der Waals surface area (Å²) in [4.78, 5) is 0. The molecule has 256 valence electrons. The lowest BCUT2D eigenvalue weighted by molar-refractivity contribution is 0.437. The molecule has 0 N–H and O–H groups in total. The van der Waals surface area contributed by atoms with E-state index in [4.69, 9.17) is 0 Å². The fourth-order valence-electron chi connectivity index (χ4n) is 6.90. The fourth-order valence-corrected chi connectivity index (χ4v) is 9.80. The lowest BCUT2D eigenvalue weighted by atomic mass is 9.92. The summed E-state index contributed by atoms with van der Waals surface area (Å²) >= 11 is 4.03. The van der Waals surface area contributed by atoms with Gasteiger partial charge in [0.2, 0.25) is 0 Å². The van der Waals surface area contributed by atoms with Crippen molar-refractivity contribution in [2.75, 3.05) is 0 Å². The quantitative estimate of drug-likeness (QED) is 0.124. The van der Waals surface area contributed by atoms with Gasteiger partial charge in [0, 0.05) is 20.2 Å². The van der Waals surface area contributed by atoms with Gasteiger partial charge in [-0.2, -0.15) is 0 Å². The summed E-state index contributed by atoms with van der Waals surface area (Å²) in [5.74, 6) is 3.47. The van der Waals surface area contributed by atoms with Gasteiger partial charge in [0.1, 0.15) is 0 Å². The zero-order chi connectivity index (χ0) is 34.1. The highest BCUT2D eigenvalue weighted by Gasteiger charge is 2.19. The SMILES string of the molecule is CC.CC1=Cc2c(ccc3c2sc2c4ccc5ccc(CCC(C)CCCC(C)C)cc5c4sc32)CC1.CCC(C)CCCC(C)C. The van der Waals surface area contributed by atoms with Gasteiger partial charge in [-0.15, -0.1) is 22.7 Å². The Morgan fingerprint density at radius 3 is 1.87 bits per heavy atom. The molecule has 0 spiro atoms. The molecule has 0 nitrogen and oxygen atoms in total. The molecule has 0 fully saturated rings. The van der Waals surface area contributed by atoms with E-state index in [9.17, 15) is 0 Å². The van der Waals surface area contributed by atoms with Gasteiger partial charge < -0.3 is 0 Å². The molecule has 0 bridgehead atoms. The van der Waals surface area contributed by atoms with Crippen molar-refractivity contribution in [1.82, 2.24) is 0 Å². The van der Waals surface area contributed by atoms with E-state index in [0.717, 1.165) is 23.7 Å². The average Bonchev–Trinajstić information content (AvgIpc) is 3.61. The molecule has 2 aromatic heterocycles. The first-order valence-electron chi connectivity index (χ1n) is 19.1. The molecule has 6 rings (SSSR count). The van der Waals surface area contributed by atoms with Crippen molar-refractivity contribution in [3.05, 3.63) is 64.7 Å². The minimum absolute atomic E-state index is 0.808. The van der Waals surface area contributed by atoms with Crippen molar-refractivity contribution in [3.8, 4) is 0 Å². The molecule has 0 saturated heterocycles. The number of fused-ring (bicyclic) bond motifs is 9. The normalized spacial score (nSPS) is 14.3. The summed E-state index contributed by atoms with van der Waals surface area (Å²) < 4.78 is 5.93. The van der Waals surface area contributed by atoms with Crippen LogP contribution >= 0.6 is 22.7 Å². The van der Waals surface area contributed by atoms with E-state index < -0.39 is 0 Å². The van der Waals surface area contributed by atoms with Gasteiger partial charge in [-0.3, -0.25) is 0 Å². The summed E-state index contributed by atoms with van der Waals surface area (Å²) in [6.07, 6.45) is 17.0. The molecule has 2 heterocycles. The predicted molar refractivity (Wildman–Crippen MR) is 220 cm³/mol. The van der Waals surface area contributed by atoms with Crippen LogP contribution in [0.25, 0.3) is 46.4 Å². The third-order valence-corrected chi connectivity index (χ3v) is 12.9. The lowest BCUT2D eigenvalue weighted by Crippen LogP contribution is -1.99. The van der Waals surface area contributed by atoms with Crippen molar-refractivity contribution in [1.29, 1.82) is 0 Å². The molecule has 5 aromatic rings. The number of hydrogen-bond donors (Lipinski definition) is 0. The predicted octanol–water partition coefficient (Wildman–Crippen LogP) is 16.1. The molecule has 0 amide bonds. The lowest BCUT2D eigenvalue weighted by Gasteiger charge is -2.14. The van der Waals surface area contributed by atoms with Crippen LogP contribution in [0.15, 0.2) is 48.0 Å². The average molecular weight is 669 g/mol. The molecule has 1 aliphatic carbocycles. The molecule has 1 aliphatic rings. The van der Waals surface area contributed by atoms with Crippen LogP contribution < -0.4 is 0 Å². The number of allylic oxidation sites excluding steroid dienone is 1. The monoisotopic (exact) mass is 668 g/mol. The van der Waals surface area contributed by atoms with Crippen molar-refractivity contribution in [3.63, 3.8) is 0 Å². The summed E-state index contributed by atoms with van der Waals surface area (Å²) in [6, 6.07) is 16.7. The Bertz CT molecular complexity index is 1740. The van der Waals surface area contributed by atoms with E-state index in [-0.39, 0.29) is 0 Å². The van der Waals surface area contributed by atoms with Crippen molar-refractivity contribution in [2.45, 2.75) is 140 Å². The van der Waals surface area contributed by atoms with E-state index in [1.54, 1.807) is 0 Å². The Morgan fingerprint density at radius 1 is 0.617 bits per heavy atom. The molecule has 2 atom stereocenters. The maximum atomic E-state index is 2.49. The Hall–Kier alpha value is -2.16. The first kappa shape index (κ1) is 37.7. The van der Waals surface area contributed by atoms with Crippen LogP contribution in [0.1, 0.15) is 144 Å². The molecule has 0 saturated carbocycles. The minimum atomic E-state index is 0.808. The van der Waals surface area contributed by atoms with E-state index in [2.05, 4.69) is 104 Å². The van der Waals surface area contributed by atoms with Gasteiger partial charge in [-0.25, -0.2) is 0 Å². The highest BCUT2D eigenvalue weighted by atomic mass is 32.1. The molecular weight excluding hydrogens is 605 g/mol. The number of rotatable bonds is 12. The smallest absolute Gasteiger partial charge is 0.0542 e. The van der Waals surface area contributed by atoms with E-state index in [0.29, 0.717) is 0 Å². The largest absolute Gasteiger partial charge is 0.133 e. The van der Waals surface area contributed by atoms with Crippen molar-refractivity contribution >= 4 is 69.1 Å². The summed E-state index contributed by atoms with van der Waals surface area (Å²) in [6.45, 7) is 22.6. The van der Waals surface area contributed by atoms with Gasteiger partial charge in [0.25, 0.3) is 0 Å². The van der Waals surface area contributed by atoms with Crippen LogP contribution in [0.2, 0.25) is 0 Å². The zero-order valence-electron chi connectivity index (χ0n) is 31.5. The Morgan fingerprint density at radius 2 is 1.21 bits per heavy atom. The van der Waals surface area contributed by atoms with Gasteiger partial charge in [-0.05, 0) is 89.8 Å². The maximum Gasteiger partial charge on any atom is 0.0542 e. The highest BCUT2D eigenvalue weighted by molar-refractivity contribution is 7.37. The van der Waals surface area contributed by atoms with Crippen molar-refractivity contribution < 1.29 is 0 Å². The van der Waals surface area contributed by atoms with E-state index in [1.807, 2.05) is 36.5 Å². The second-order valence-corrected chi connectivity index (χ2v) is 17.2. The molecule has 3 aromatic carbocycles. The van der Waals surface area contributed by atoms with Gasteiger partial charge >= 0.3 is 0 Å². The second kappa shape index (κ2) is 18.0. The number of hydrogen-bond acceptors (Lipinski definition) is 2. The molecule has 2 unspecified atom stereocenters. The van der Waals surface area contributed by atoms with E-state index >= 15 is 0 Å². The second-order valence-electron chi connectivity index (χ2n) is 15.2. The van der Waals surface area contributed by atoms with Crippen LogP contribution in [0.4, 0.5) is 0 Å². The Labute approximate surface area is 296 Å². The number of thiophene rings is 2. The molecule has 0 aliphatic heterocycles. The van der Waals surface area contributed by atoms with Crippen LogP contribution in [0.5, 0.6) is 0 Å². The standard InChI is InChI=1S/C33H36S2.C10H22.C2H6/c1-20(2)6-5-7-21(3)8-10-23-11-13-25-15-17-27-31(29(25)19-23)35-32-26-16-14-24-12-9-22(4)18-28(24)30(26)34-33(27)32;1-5-10(4)8-6-7-9(2)3;1-2/h11,13-21H,5-10,12H2,1-4H3;9-10H,5-8H2,1-4H3;1-2H3. The van der Waals surface area contributed by atoms with Crippen LogP contribution in [-0.2, 0) is 12.8 Å². The molecule has 2 heteroatoms. The maximum absolute atomic E-state index is 2.49. The number of aryl methyl sites for hydroxylation is 2. The fraction of sp³-hybridized carbons (Fsp3) is 0.556. The first-order valence-corrected chi connectivity index (χ1v) is 20.8. The Kier molecular flexibility index (Phi) is 14.4. The number of benzene rings is 3. The van der Waals surface area contributed by atoms with Gasteiger partial charge in [0.05, 0.1) is 9.40 Å². The third kappa shape index (κ3) is 9.72. The topological polar surface area (TPSA) is 0 Å². The summed E-state index contributed by atoms with van der Waals surface area (Å²) in [5, 5.41) is 5.72. The van der Waals surface area contributed by atoms with Crippen LogP contribution in [0.3, 0.4) is 0 Å². The van der Waals surface area contributed by atoms with Crippen LogP contribution in [-0.4, -0.2) is 0 Å². The van der Waals surface area contributed by atoms with Gasteiger partial charge in [-0.1, -0.05) is 155 Å². The summed E-state index contributed by atoms with van der Waals surface area (Å²) in [5.41, 5.74) is 6.02. The minimum Gasteiger partial charge on any atom is -0.133 e. The molecule has 0 radical (unpaired) electrons. The third-order valence-electron chi connectivity index (χ3n) is 10.2. The van der Waals surface area contributed by atoms with Crippen LogP contribution in [0, 0.1) is 23.7 Å². The molecule has 47 heavy (non-hydrogen) atoms. The van der Waals surface area contributed by atoms with E-state index in [1.165, 1.54) is 133 Å². The summed E-state index contributed by atoms with van der Waals surface area (Å²) in [7, 11) is 0. The van der Waals surface area contributed by atoms with Gasteiger partial charge in [0.15, 0.2) is 0 Å². The molecular formula is C45H64S2. The van der Waals surface area contributed by atoms with Crippen molar-refractivity contribution in [2.24, 2.45) is 23.7 Å². The first-order chi connectivity index (χ1) is 22.6. The zero-order valence-corrected chi connectivity index (χ0v) is 33.2.